The molecule has 0 spiro atoms. The summed E-state index contributed by atoms with van der Waals surface area (Å²) in [6, 6.07) is 69.3. The number of hydrogen-bond acceptors (Lipinski definition) is 3. The molecule has 4 nitrogen and oxygen atoms in total. The Hall–Kier alpha value is -7.34. The van der Waals surface area contributed by atoms with Crippen LogP contribution in [0.2, 0.25) is 0 Å². The van der Waals surface area contributed by atoms with Crippen molar-refractivity contribution in [2.45, 2.75) is 0 Å². The first-order valence-corrected chi connectivity index (χ1v) is 20.1. The highest BCUT2D eigenvalue weighted by Gasteiger charge is 2.24. The average molecular weight is 745 g/mol. The first-order valence-electron chi connectivity index (χ1n) is 19.3. The second-order valence-electron chi connectivity index (χ2n) is 14.6. The third-order valence-corrected chi connectivity index (χ3v) is 12.5. The number of rotatable bonds is 5. The van der Waals surface area contributed by atoms with Crippen LogP contribution in [0.4, 0.5) is 0 Å². The lowest BCUT2D eigenvalue weighted by atomic mass is 10.0. The van der Waals surface area contributed by atoms with Crippen molar-refractivity contribution in [1.29, 1.82) is 0 Å². The zero-order chi connectivity index (χ0) is 37.5. The van der Waals surface area contributed by atoms with Gasteiger partial charge in [0.2, 0.25) is 5.95 Å². The Labute approximate surface area is 332 Å². The van der Waals surface area contributed by atoms with E-state index in [1.54, 1.807) is 0 Å². The Bertz CT molecular complexity index is 3430. The van der Waals surface area contributed by atoms with Gasteiger partial charge in [0.05, 0.1) is 33.5 Å². The molecule has 266 valence electrons. The fraction of sp³-hybridized carbons (Fsp3) is 0. The molecule has 0 aliphatic heterocycles. The summed E-state index contributed by atoms with van der Waals surface area (Å²) in [5, 5.41) is 7.29. The monoisotopic (exact) mass is 744 g/mol. The lowest BCUT2D eigenvalue weighted by molar-refractivity contribution is 0.998. The predicted molar refractivity (Wildman–Crippen MR) is 240 cm³/mol. The summed E-state index contributed by atoms with van der Waals surface area (Å²) >= 11 is 1.85. The van der Waals surface area contributed by atoms with Gasteiger partial charge in [0.25, 0.3) is 0 Å². The van der Waals surface area contributed by atoms with E-state index in [1.807, 2.05) is 23.5 Å². The third kappa shape index (κ3) is 4.93. The van der Waals surface area contributed by atoms with Gasteiger partial charge in [-0.05, 0) is 53.6 Å². The number of nitrogens with zero attached hydrogens (tertiary/aromatic N) is 4. The topological polar surface area (TPSA) is 35.6 Å². The van der Waals surface area contributed by atoms with Gasteiger partial charge in [0.1, 0.15) is 0 Å². The molecular formula is C52H32N4S. The molecule has 5 heteroatoms. The number of fused-ring (bicyclic) bond motifs is 11. The highest BCUT2D eigenvalue weighted by molar-refractivity contribution is 7.26. The molecule has 0 atom stereocenters. The van der Waals surface area contributed by atoms with Crippen molar-refractivity contribution >= 4 is 75.1 Å². The fourth-order valence-corrected chi connectivity index (χ4v) is 9.92. The van der Waals surface area contributed by atoms with Crippen LogP contribution in [-0.2, 0) is 0 Å². The van der Waals surface area contributed by atoms with E-state index < -0.39 is 0 Å². The molecule has 0 unspecified atom stereocenters. The molecule has 0 aliphatic carbocycles. The molecule has 0 saturated heterocycles. The van der Waals surface area contributed by atoms with Crippen LogP contribution in [0.3, 0.4) is 0 Å². The SMILES string of the molecule is c1ccc(-c2ccc(-n3c4ccccc4c4ccc5sc6ccc7c8ccccc8n(-c8nc(-c9ccccc9)cc(-c9ccccc9)n8)c7c6c5c43)cc2)cc1. The zero-order valence-electron chi connectivity index (χ0n) is 30.7. The minimum absolute atomic E-state index is 0.650. The summed E-state index contributed by atoms with van der Waals surface area (Å²) in [5.74, 6) is 0.650. The first kappa shape index (κ1) is 32.0. The van der Waals surface area contributed by atoms with Crippen LogP contribution in [0, 0.1) is 0 Å². The molecule has 12 aromatic rings. The molecule has 57 heavy (non-hydrogen) atoms. The fourth-order valence-electron chi connectivity index (χ4n) is 8.81. The van der Waals surface area contributed by atoms with E-state index in [1.165, 1.54) is 63.9 Å². The molecule has 0 saturated carbocycles. The van der Waals surface area contributed by atoms with Crippen LogP contribution >= 0.6 is 11.3 Å². The van der Waals surface area contributed by atoms with Gasteiger partial charge < -0.3 is 4.57 Å². The zero-order valence-corrected chi connectivity index (χ0v) is 31.5. The summed E-state index contributed by atoms with van der Waals surface area (Å²) in [6.07, 6.45) is 0. The van der Waals surface area contributed by atoms with Crippen molar-refractivity contribution in [3.63, 3.8) is 0 Å². The van der Waals surface area contributed by atoms with Gasteiger partial charge in [0, 0.05) is 58.5 Å². The number of thiophene rings is 1. The molecule has 0 radical (unpaired) electrons. The van der Waals surface area contributed by atoms with Gasteiger partial charge in [-0.3, -0.25) is 4.57 Å². The van der Waals surface area contributed by atoms with E-state index >= 15 is 0 Å². The quantitative estimate of drug-likeness (QED) is 0.176. The van der Waals surface area contributed by atoms with Crippen molar-refractivity contribution in [3.8, 4) is 45.3 Å². The highest BCUT2D eigenvalue weighted by Crippen LogP contribution is 2.47. The Morgan fingerprint density at radius 3 is 1.33 bits per heavy atom. The van der Waals surface area contributed by atoms with E-state index in [-0.39, 0.29) is 0 Å². The van der Waals surface area contributed by atoms with Crippen LogP contribution in [0.1, 0.15) is 0 Å². The lowest BCUT2D eigenvalue weighted by Crippen LogP contribution is -2.04. The average Bonchev–Trinajstić information content (AvgIpc) is 3.95. The summed E-state index contributed by atoms with van der Waals surface area (Å²) < 4.78 is 7.27. The maximum atomic E-state index is 5.39. The van der Waals surface area contributed by atoms with E-state index in [0.29, 0.717) is 5.95 Å². The molecule has 8 aromatic carbocycles. The van der Waals surface area contributed by atoms with Crippen molar-refractivity contribution in [3.05, 3.63) is 194 Å². The summed E-state index contributed by atoms with van der Waals surface area (Å²) in [4.78, 5) is 10.8. The van der Waals surface area contributed by atoms with Gasteiger partial charge in [-0.25, -0.2) is 9.97 Å². The number of aromatic nitrogens is 4. The van der Waals surface area contributed by atoms with Crippen molar-refractivity contribution in [1.82, 2.24) is 19.1 Å². The third-order valence-electron chi connectivity index (χ3n) is 11.4. The van der Waals surface area contributed by atoms with E-state index in [2.05, 4.69) is 191 Å². The lowest BCUT2D eigenvalue weighted by Gasteiger charge is -2.13. The molecule has 4 heterocycles. The van der Waals surface area contributed by atoms with Gasteiger partial charge in [-0.15, -0.1) is 11.3 Å². The molecule has 0 bridgehead atoms. The smallest absolute Gasteiger partial charge is 0.235 e. The second kappa shape index (κ2) is 12.6. The highest BCUT2D eigenvalue weighted by atomic mass is 32.1. The molecule has 0 aliphatic rings. The maximum absolute atomic E-state index is 5.39. The Kier molecular flexibility index (Phi) is 7.06. The van der Waals surface area contributed by atoms with Crippen molar-refractivity contribution in [2.75, 3.05) is 0 Å². The van der Waals surface area contributed by atoms with Gasteiger partial charge in [-0.1, -0.05) is 152 Å². The number of para-hydroxylation sites is 2. The largest absolute Gasteiger partial charge is 0.309 e. The maximum Gasteiger partial charge on any atom is 0.235 e. The molecule has 0 amide bonds. The van der Waals surface area contributed by atoms with Crippen LogP contribution in [0.25, 0.3) is 109 Å². The van der Waals surface area contributed by atoms with Gasteiger partial charge >= 0.3 is 0 Å². The summed E-state index contributed by atoms with van der Waals surface area (Å²) in [7, 11) is 0. The van der Waals surface area contributed by atoms with Crippen LogP contribution < -0.4 is 0 Å². The van der Waals surface area contributed by atoms with Crippen LogP contribution in [0.15, 0.2) is 194 Å². The molecular weight excluding hydrogens is 713 g/mol. The summed E-state index contributed by atoms with van der Waals surface area (Å²) in [5.41, 5.74) is 12.0. The Balaban J connectivity index is 1.22. The molecule has 0 N–H and O–H groups in total. The van der Waals surface area contributed by atoms with Crippen LogP contribution in [0.5, 0.6) is 0 Å². The first-order chi connectivity index (χ1) is 28.3. The number of hydrogen-bond donors (Lipinski definition) is 0. The normalized spacial score (nSPS) is 11.9. The van der Waals surface area contributed by atoms with Crippen LogP contribution in [-0.4, -0.2) is 19.1 Å². The Morgan fingerprint density at radius 1 is 0.351 bits per heavy atom. The Morgan fingerprint density at radius 2 is 0.789 bits per heavy atom. The minimum Gasteiger partial charge on any atom is -0.309 e. The van der Waals surface area contributed by atoms with Gasteiger partial charge in [0.15, 0.2) is 0 Å². The van der Waals surface area contributed by atoms with E-state index in [9.17, 15) is 0 Å². The van der Waals surface area contributed by atoms with E-state index in [4.69, 9.17) is 9.97 Å². The van der Waals surface area contributed by atoms with Gasteiger partial charge in [-0.2, -0.15) is 0 Å². The standard InChI is InChI=1S/C52H32N4S/c1-4-14-33(15-5-1)34-24-26-37(27-25-34)55-44-22-12-10-20-38(44)40-28-30-46-48(50(40)55)49-47(57-46)31-29-41-39-21-11-13-23-45(39)56(51(41)49)52-53-42(35-16-6-2-7-17-35)32-43(54-52)36-18-8-3-9-19-36/h1-32H. The minimum atomic E-state index is 0.650. The number of benzene rings is 8. The van der Waals surface area contributed by atoms with E-state index in [0.717, 1.165) is 39.2 Å². The summed E-state index contributed by atoms with van der Waals surface area (Å²) in [6.45, 7) is 0. The second-order valence-corrected chi connectivity index (χ2v) is 15.6. The molecule has 4 aromatic heterocycles. The van der Waals surface area contributed by atoms with Crippen molar-refractivity contribution in [2.24, 2.45) is 0 Å². The van der Waals surface area contributed by atoms with Crippen molar-refractivity contribution < 1.29 is 0 Å². The molecule has 0 fully saturated rings. The predicted octanol–water partition coefficient (Wildman–Crippen LogP) is 14.0. The molecule has 12 rings (SSSR count).